The third-order valence-electron chi connectivity index (χ3n) is 2.23. The molecule has 0 amide bonds. The zero-order valence-corrected chi connectivity index (χ0v) is 9.23. The molecule has 0 heterocycles. The Morgan fingerprint density at radius 1 is 1.50 bits per heavy atom. The molecular formula is C12H14O4. The molecule has 0 unspecified atom stereocenters. The second kappa shape index (κ2) is 5.21. The average molecular weight is 222 g/mol. The summed E-state index contributed by atoms with van der Waals surface area (Å²) in [5.74, 6) is -0.463. The quantitative estimate of drug-likeness (QED) is 0.764. The van der Waals surface area contributed by atoms with Crippen molar-refractivity contribution >= 4 is 5.97 Å². The Balaban J connectivity index is 2.83. The molecule has 0 bridgehead atoms. The van der Waals surface area contributed by atoms with E-state index in [9.17, 15) is 9.90 Å². The minimum atomic E-state index is -0.925. The van der Waals surface area contributed by atoms with Crippen molar-refractivity contribution in [3.8, 4) is 11.5 Å². The molecule has 1 rings (SSSR count). The van der Waals surface area contributed by atoms with Gasteiger partial charge in [-0.05, 0) is 31.0 Å². The van der Waals surface area contributed by atoms with Gasteiger partial charge in [-0.15, -0.1) is 0 Å². The maximum absolute atomic E-state index is 10.6. The fourth-order valence-electron chi connectivity index (χ4n) is 1.21. The first kappa shape index (κ1) is 12.1. The summed E-state index contributed by atoms with van der Waals surface area (Å²) in [6, 6.07) is 4.93. The third kappa shape index (κ3) is 3.02. The van der Waals surface area contributed by atoms with Crippen molar-refractivity contribution in [1.29, 1.82) is 0 Å². The molecular weight excluding hydrogens is 208 g/mol. The predicted octanol–water partition coefficient (Wildman–Crippen LogP) is 1.97. The molecule has 0 aromatic heterocycles. The Morgan fingerprint density at radius 2 is 2.19 bits per heavy atom. The minimum absolute atomic E-state index is 0.0742. The molecule has 0 radical (unpaired) electrons. The number of carbonyl (C=O) groups is 1. The lowest BCUT2D eigenvalue weighted by Crippen LogP contribution is -1.96. The Hall–Kier alpha value is -1.97. The van der Waals surface area contributed by atoms with E-state index in [2.05, 4.69) is 0 Å². The summed E-state index contributed by atoms with van der Waals surface area (Å²) >= 11 is 0. The van der Waals surface area contributed by atoms with Gasteiger partial charge in [0.2, 0.25) is 0 Å². The molecule has 2 N–H and O–H groups in total. The number of benzene rings is 1. The first-order chi connectivity index (χ1) is 7.54. The van der Waals surface area contributed by atoms with Gasteiger partial charge in [0.25, 0.3) is 0 Å². The molecule has 0 atom stereocenters. The second-order valence-corrected chi connectivity index (χ2v) is 3.40. The van der Waals surface area contributed by atoms with Crippen LogP contribution in [0.5, 0.6) is 11.5 Å². The summed E-state index contributed by atoms with van der Waals surface area (Å²) in [6.07, 6.45) is 2.11. The molecule has 4 nitrogen and oxygen atoms in total. The van der Waals surface area contributed by atoms with Crippen LogP contribution in [-0.4, -0.2) is 23.3 Å². The number of phenols is 1. The monoisotopic (exact) mass is 222 g/mol. The van der Waals surface area contributed by atoms with E-state index in [1.165, 1.54) is 13.2 Å². The Kier molecular flexibility index (Phi) is 3.94. The van der Waals surface area contributed by atoms with E-state index in [1.54, 1.807) is 25.1 Å². The van der Waals surface area contributed by atoms with Gasteiger partial charge in [-0.2, -0.15) is 0 Å². The van der Waals surface area contributed by atoms with Crippen LogP contribution in [0.4, 0.5) is 0 Å². The summed E-state index contributed by atoms with van der Waals surface area (Å²) in [4.78, 5) is 10.6. The van der Waals surface area contributed by atoms with E-state index in [0.717, 1.165) is 5.56 Å². The van der Waals surface area contributed by atoms with Crippen LogP contribution in [0.15, 0.2) is 29.8 Å². The van der Waals surface area contributed by atoms with Crippen LogP contribution in [-0.2, 0) is 11.2 Å². The number of methoxy groups -OCH3 is 1. The molecule has 0 saturated carbocycles. The smallest absolute Gasteiger partial charge is 0.330 e. The first-order valence-electron chi connectivity index (χ1n) is 4.80. The van der Waals surface area contributed by atoms with Gasteiger partial charge in [-0.1, -0.05) is 12.1 Å². The maximum Gasteiger partial charge on any atom is 0.330 e. The molecule has 16 heavy (non-hydrogen) atoms. The van der Waals surface area contributed by atoms with Gasteiger partial charge >= 0.3 is 5.97 Å². The van der Waals surface area contributed by atoms with Gasteiger partial charge in [-0.3, -0.25) is 0 Å². The van der Waals surface area contributed by atoms with Gasteiger partial charge in [0, 0.05) is 5.57 Å². The molecule has 0 fully saturated rings. The number of ether oxygens (including phenoxy) is 1. The number of allylic oxidation sites excluding steroid dienone is 1. The number of aliphatic carboxylic acids is 1. The molecule has 1 aromatic carbocycles. The van der Waals surface area contributed by atoms with E-state index in [1.807, 2.05) is 0 Å². The third-order valence-corrected chi connectivity index (χ3v) is 2.23. The van der Waals surface area contributed by atoms with Crippen molar-refractivity contribution in [2.45, 2.75) is 13.3 Å². The number of carboxylic acids is 1. The number of hydrogen-bond acceptors (Lipinski definition) is 3. The van der Waals surface area contributed by atoms with Crippen LogP contribution in [0, 0.1) is 0 Å². The van der Waals surface area contributed by atoms with Crippen molar-refractivity contribution in [3.05, 3.63) is 35.4 Å². The van der Waals surface area contributed by atoms with Gasteiger partial charge < -0.3 is 14.9 Å². The molecule has 0 aliphatic heterocycles. The fourth-order valence-corrected chi connectivity index (χ4v) is 1.21. The second-order valence-electron chi connectivity index (χ2n) is 3.40. The van der Waals surface area contributed by atoms with Crippen molar-refractivity contribution in [2.24, 2.45) is 0 Å². The average Bonchev–Trinajstić information content (AvgIpc) is 2.27. The molecule has 0 aliphatic carbocycles. The fraction of sp³-hybridized carbons (Fsp3) is 0.250. The Labute approximate surface area is 93.8 Å². The van der Waals surface area contributed by atoms with E-state index >= 15 is 0 Å². The molecule has 0 saturated heterocycles. The summed E-state index contributed by atoms with van der Waals surface area (Å²) < 4.78 is 4.95. The standard InChI is InChI=1S/C12H14O4/c1-8(12(14)15)3-4-9-5-6-10(13)11(7-9)16-2/h3,5-7,13H,4H2,1-2H3,(H,14,15). The lowest BCUT2D eigenvalue weighted by Gasteiger charge is -2.05. The lowest BCUT2D eigenvalue weighted by molar-refractivity contribution is -0.132. The Bertz CT molecular complexity index is 421. The first-order valence-corrected chi connectivity index (χ1v) is 4.80. The molecule has 1 aromatic rings. The van der Waals surface area contributed by atoms with Gasteiger partial charge in [0.15, 0.2) is 11.5 Å². The van der Waals surface area contributed by atoms with Crippen molar-refractivity contribution in [3.63, 3.8) is 0 Å². The van der Waals surface area contributed by atoms with Crippen LogP contribution in [0.1, 0.15) is 12.5 Å². The number of phenolic OH excluding ortho intramolecular Hbond substituents is 1. The van der Waals surface area contributed by atoms with E-state index < -0.39 is 5.97 Å². The number of rotatable bonds is 4. The summed E-state index contributed by atoms with van der Waals surface area (Å²) in [5.41, 5.74) is 1.18. The largest absolute Gasteiger partial charge is 0.504 e. The topological polar surface area (TPSA) is 66.8 Å². The van der Waals surface area contributed by atoms with E-state index in [4.69, 9.17) is 9.84 Å². The van der Waals surface area contributed by atoms with Crippen molar-refractivity contribution < 1.29 is 19.7 Å². The number of hydrogen-bond donors (Lipinski definition) is 2. The maximum atomic E-state index is 10.6. The highest BCUT2D eigenvalue weighted by atomic mass is 16.5. The van der Waals surface area contributed by atoms with E-state index in [-0.39, 0.29) is 5.75 Å². The van der Waals surface area contributed by atoms with Gasteiger partial charge in [0.05, 0.1) is 7.11 Å². The molecule has 86 valence electrons. The highest BCUT2D eigenvalue weighted by Crippen LogP contribution is 2.26. The lowest BCUT2D eigenvalue weighted by atomic mass is 10.1. The number of carboxylic acid groups (broad SMARTS) is 1. The molecule has 4 heteroatoms. The highest BCUT2D eigenvalue weighted by Gasteiger charge is 2.03. The minimum Gasteiger partial charge on any atom is -0.504 e. The summed E-state index contributed by atoms with van der Waals surface area (Å²) in [7, 11) is 1.47. The summed E-state index contributed by atoms with van der Waals surface area (Å²) in [5, 5.41) is 18.0. The number of aromatic hydroxyl groups is 1. The van der Waals surface area contributed by atoms with Crippen molar-refractivity contribution in [1.82, 2.24) is 0 Å². The molecule has 0 spiro atoms. The Morgan fingerprint density at radius 3 is 2.75 bits per heavy atom. The predicted molar refractivity (Wildman–Crippen MR) is 59.8 cm³/mol. The SMILES string of the molecule is COc1cc(CC=C(C)C(=O)O)ccc1O. The summed E-state index contributed by atoms with van der Waals surface area (Å²) in [6.45, 7) is 1.54. The molecule has 0 aliphatic rings. The van der Waals surface area contributed by atoms with Crippen LogP contribution in [0.25, 0.3) is 0 Å². The van der Waals surface area contributed by atoms with Gasteiger partial charge in [-0.25, -0.2) is 4.79 Å². The zero-order chi connectivity index (χ0) is 12.1. The van der Waals surface area contributed by atoms with Crippen LogP contribution < -0.4 is 4.74 Å². The van der Waals surface area contributed by atoms with Crippen LogP contribution in [0.3, 0.4) is 0 Å². The van der Waals surface area contributed by atoms with Gasteiger partial charge in [0.1, 0.15) is 0 Å². The van der Waals surface area contributed by atoms with Crippen molar-refractivity contribution in [2.75, 3.05) is 7.11 Å². The highest BCUT2D eigenvalue weighted by molar-refractivity contribution is 5.85. The van der Waals surface area contributed by atoms with Crippen LogP contribution in [0.2, 0.25) is 0 Å². The zero-order valence-electron chi connectivity index (χ0n) is 9.23. The van der Waals surface area contributed by atoms with Crippen LogP contribution >= 0.6 is 0 Å². The normalized spacial score (nSPS) is 11.2. The van der Waals surface area contributed by atoms with E-state index in [0.29, 0.717) is 17.7 Å².